The molecule has 3 rings (SSSR count). The molecule has 0 bridgehead atoms. The highest BCUT2D eigenvalue weighted by molar-refractivity contribution is 5.93. The van der Waals surface area contributed by atoms with Crippen molar-refractivity contribution in [2.75, 3.05) is 14.1 Å². The molecule has 6 heteroatoms. The summed E-state index contributed by atoms with van der Waals surface area (Å²) in [5, 5.41) is 2.90. The Morgan fingerprint density at radius 3 is 2.50 bits per heavy atom. The van der Waals surface area contributed by atoms with Crippen LogP contribution < -0.4 is 5.32 Å². The van der Waals surface area contributed by atoms with Crippen molar-refractivity contribution in [3.63, 3.8) is 0 Å². The van der Waals surface area contributed by atoms with Crippen molar-refractivity contribution in [1.82, 2.24) is 20.2 Å². The van der Waals surface area contributed by atoms with E-state index in [4.69, 9.17) is 0 Å². The minimum Gasteiger partial charge on any atom is -0.352 e. The molecule has 0 saturated carbocycles. The Morgan fingerprint density at radius 1 is 1.08 bits per heavy atom. The molecule has 0 atom stereocenters. The lowest BCUT2D eigenvalue weighted by molar-refractivity contribution is -0.121. The molecule has 0 aliphatic rings. The molecule has 0 saturated heterocycles. The molecule has 0 fully saturated rings. The summed E-state index contributed by atoms with van der Waals surface area (Å²) in [6.45, 7) is 0.440. The average Bonchev–Trinajstić information content (AvgIpc) is 3.07. The van der Waals surface area contributed by atoms with Crippen LogP contribution in [0.4, 0.5) is 0 Å². The number of para-hydroxylation sites is 2. The SMILES string of the molecule is CN(C)C(=O)c1ccc(CNC(=O)CCc2nc3ccccc3[nH]2)cc1. The largest absolute Gasteiger partial charge is 0.352 e. The average molecular weight is 350 g/mol. The van der Waals surface area contributed by atoms with Crippen molar-refractivity contribution in [3.05, 3.63) is 65.5 Å². The van der Waals surface area contributed by atoms with Crippen LogP contribution in [-0.2, 0) is 17.8 Å². The Balaban J connectivity index is 1.48. The standard InChI is InChI=1S/C20H22N4O2/c1-24(2)20(26)15-9-7-14(8-10-15)13-21-19(25)12-11-18-22-16-5-3-4-6-17(16)23-18/h3-10H,11-13H2,1-2H3,(H,21,25)(H,22,23). The Morgan fingerprint density at radius 2 is 1.81 bits per heavy atom. The van der Waals surface area contributed by atoms with Crippen LogP contribution in [-0.4, -0.2) is 40.8 Å². The second-order valence-electron chi connectivity index (χ2n) is 6.37. The minimum atomic E-state index is -0.0357. The number of fused-ring (bicyclic) bond motifs is 1. The van der Waals surface area contributed by atoms with Crippen molar-refractivity contribution in [2.45, 2.75) is 19.4 Å². The fourth-order valence-corrected chi connectivity index (χ4v) is 2.67. The highest BCUT2D eigenvalue weighted by atomic mass is 16.2. The second-order valence-corrected chi connectivity index (χ2v) is 6.37. The molecule has 0 spiro atoms. The molecule has 2 amide bonds. The van der Waals surface area contributed by atoms with Crippen LogP contribution >= 0.6 is 0 Å². The number of nitrogens with one attached hydrogen (secondary N) is 2. The van der Waals surface area contributed by atoms with E-state index in [0.29, 0.717) is 24.9 Å². The summed E-state index contributed by atoms with van der Waals surface area (Å²) in [6.07, 6.45) is 0.938. The first-order valence-electron chi connectivity index (χ1n) is 8.54. The third kappa shape index (κ3) is 4.27. The third-order valence-electron chi connectivity index (χ3n) is 4.12. The van der Waals surface area contributed by atoms with Crippen LogP contribution in [0.25, 0.3) is 11.0 Å². The zero-order valence-corrected chi connectivity index (χ0v) is 15.0. The van der Waals surface area contributed by atoms with Gasteiger partial charge in [-0.2, -0.15) is 0 Å². The van der Waals surface area contributed by atoms with Crippen LogP contribution in [0.3, 0.4) is 0 Å². The van der Waals surface area contributed by atoms with Gasteiger partial charge in [-0.05, 0) is 29.8 Å². The van der Waals surface area contributed by atoms with E-state index < -0.39 is 0 Å². The lowest BCUT2D eigenvalue weighted by Gasteiger charge is -2.10. The number of carbonyl (C=O) groups is 2. The fourth-order valence-electron chi connectivity index (χ4n) is 2.67. The van der Waals surface area contributed by atoms with Crippen molar-refractivity contribution in [2.24, 2.45) is 0 Å². The van der Waals surface area contributed by atoms with Crippen molar-refractivity contribution in [3.8, 4) is 0 Å². The van der Waals surface area contributed by atoms with Gasteiger partial charge in [0.05, 0.1) is 11.0 Å². The number of carbonyl (C=O) groups excluding carboxylic acids is 2. The second kappa shape index (κ2) is 7.82. The number of benzene rings is 2. The first-order valence-corrected chi connectivity index (χ1v) is 8.54. The number of aryl methyl sites for hydroxylation is 1. The number of imidazole rings is 1. The molecule has 0 unspecified atom stereocenters. The topological polar surface area (TPSA) is 78.1 Å². The number of hydrogen-bond acceptors (Lipinski definition) is 3. The maximum absolute atomic E-state index is 12.1. The molecule has 0 aliphatic heterocycles. The van der Waals surface area contributed by atoms with Crippen LogP contribution in [0, 0.1) is 0 Å². The summed E-state index contributed by atoms with van der Waals surface area (Å²) in [4.78, 5) is 33.1. The zero-order chi connectivity index (χ0) is 18.5. The van der Waals surface area contributed by atoms with Gasteiger partial charge in [-0.1, -0.05) is 24.3 Å². The normalized spacial score (nSPS) is 10.7. The Kier molecular flexibility index (Phi) is 5.31. The van der Waals surface area contributed by atoms with E-state index >= 15 is 0 Å². The lowest BCUT2D eigenvalue weighted by Crippen LogP contribution is -2.23. The van der Waals surface area contributed by atoms with Gasteiger partial charge in [0.15, 0.2) is 0 Å². The number of amides is 2. The summed E-state index contributed by atoms with van der Waals surface area (Å²) in [7, 11) is 3.44. The van der Waals surface area contributed by atoms with Crippen LogP contribution in [0.15, 0.2) is 48.5 Å². The van der Waals surface area contributed by atoms with Gasteiger partial charge in [-0.3, -0.25) is 9.59 Å². The zero-order valence-electron chi connectivity index (χ0n) is 15.0. The number of aromatic amines is 1. The van der Waals surface area contributed by atoms with Crippen LogP contribution in [0.1, 0.15) is 28.2 Å². The Labute approximate surface area is 152 Å². The molecular weight excluding hydrogens is 328 g/mol. The molecule has 1 aromatic heterocycles. The highest BCUT2D eigenvalue weighted by Gasteiger charge is 2.08. The predicted octanol–water partition coefficient (Wildman–Crippen LogP) is 2.51. The number of rotatable bonds is 6. The number of nitrogens with zero attached hydrogens (tertiary/aromatic N) is 2. The van der Waals surface area contributed by atoms with E-state index in [-0.39, 0.29) is 11.8 Å². The van der Waals surface area contributed by atoms with E-state index in [1.165, 1.54) is 4.90 Å². The van der Waals surface area contributed by atoms with Gasteiger partial charge in [0.25, 0.3) is 5.91 Å². The molecule has 26 heavy (non-hydrogen) atoms. The fraction of sp³-hybridized carbons (Fsp3) is 0.250. The maximum atomic E-state index is 12.1. The Hall–Kier alpha value is -3.15. The molecule has 2 aromatic carbocycles. The quantitative estimate of drug-likeness (QED) is 0.717. The van der Waals surface area contributed by atoms with Gasteiger partial charge in [-0.15, -0.1) is 0 Å². The first-order chi connectivity index (χ1) is 12.5. The summed E-state index contributed by atoms with van der Waals surface area (Å²) < 4.78 is 0. The monoisotopic (exact) mass is 350 g/mol. The molecule has 0 radical (unpaired) electrons. The van der Waals surface area contributed by atoms with Crippen molar-refractivity contribution < 1.29 is 9.59 Å². The summed E-state index contributed by atoms with van der Waals surface area (Å²) in [6, 6.07) is 15.1. The van der Waals surface area contributed by atoms with Crippen LogP contribution in [0.2, 0.25) is 0 Å². The predicted molar refractivity (Wildman–Crippen MR) is 101 cm³/mol. The molecule has 2 N–H and O–H groups in total. The van der Waals surface area contributed by atoms with Gasteiger partial charge in [0.2, 0.25) is 5.91 Å². The van der Waals surface area contributed by atoms with E-state index in [1.54, 1.807) is 26.2 Å². The first kappa shape index (κ1) is 17.7. The maximum Gasteiger partial charge on any atom is 0.253 e. The van der Waals surface area contributed by atoms with Gasteiger partial charge in [-0.25, -0.2) is 4.98 Å². The van der Waals surface area contributed by atoms with Gasteiger partial charge < -0.3 is 15.2 Å². The minimum absolute atomic E-state index is 0.0288. The van der Waals surface area contributed by atoms with Crippen molar-refractivity contribution >= 4 is 22.8 Å². The number of aromatic nitrogens is 2. The summed E-state index contributed by atoms with van der Waals surface area (Å²) in [5.41, 5.74) is 3.48. The molecule has 3 aromatic rings. The molecular formula is C20H22N4O2. The van der Waals surface area contributed by atoms with E-state index in [9.17, 15) is 9.59 Å². The van der Waals surface area contributed by atoms with Crippen LogP contribution in [0.5, 0.6) is 0 Å². The van der Waals surface area contributed by atoms with Crippen molar-refractivity contribution in [1.29, 1.82) is 0 Å². The van der Waals surface area contributed by atoms with Gasteiger partial charge in [0, 0.05) is 39.0 Å². The van der Waals surface area contributed by atoms with E-state index in [1.807, 2.05) is 36.4 Å². The van der Waals surface area contributed by atoms with E-state index in [2.05, 4.69) is 15.3 Å². The third-order valence-corrected chi connectivity index (χ3v) is 4.12. The smallest absolute Gasteiger partial charge is 0.253 e. The van der Waals surface area contributed by atoms with Gasteiger partial charge in [0.1, 0.15) is 5.82 Å². The summed E-state index contributed by atoms with van der Waals surface area (Å²) >= 11 is 0. The highest BCUT2D eigenvalue weighted by Crippen LogP contribution is 2.11. The summed E-state index contributed by atoms with van der Waals surface area (Å²) in [5.74, 6) is 0.748. The van der Waals surface area contributed by atoms with E-state index in [0.717, 1.165) is 22.4 Å². The number of H-pyrrole nitrogens is 1. The Bertz CT molecular complexity index is 880. The molecule has 6 nitrogen and oxygen atoms in total. The molecule has 0 aliphatic carbocycles. The number of hydrogen-bond donors (Lipinski definition) is 2. The molecule has 134 valence electrons. The molecule has 1 heterocycles. The lowest BCUT2D eigenvalue weighted by atomic mass is 10.1. The van der Waals surface area contributed by atoms with Gasteiger partial charge >= 0.3 is 0 Å².